The highest BCUT2D eigenvalue weighted by Crippen LogP contribution is 2.44. The maximum absolute atomic E-state index is 12.6. The van der Waals surface area contributed by atoms with Gasteiger partial charge in [-0.1, -0.05) is 48.5 Å². The minimum atomic E-state index is -1.39. The van der Waals surface area contributed by atoms with E-state index in [0.29, 0.717) is 0 Å². The number of hydrogen-bond donors (Lipinski definition) is 3. The highest BCUT2D eigenvalue weighted by Gasteiger charge is 2.42. The number of rotatable bonds is 6. The van der Waals surface area contributed by atoms with Crippen molar-refractivity contribution < 1.29 is 29.0 Å². The molecular weight excluding hydrogens is 470 g/mol. The quantitative estimate of drug-likeness (QED) is 0.476. The van der Waals surface area contributed by atoms with Crippen LogP contribution >= 0.6 is 11.3 Å². The van der Waals surface area contributed by atoms with Crippen molar-refractivity contribution in [3.05, 3.63) is 70.7 Å². The van der Waals surface area contributed by atoms with Crippen LogP contribution in [0.3, 0.4) is 0 Å². The zero-order chi connectivity index (χ0) is 24.4. The number of carboxylic acids is 1. The summed E-state index contributed by atoms with van der Waals surface area (Å²) in [5.41, 5.74) is 3.12. The molecule has 5 rings (SSSR count). The maximum atomic E-state index is 12.6. The van der Waals surface area contributed by atoms with Crippen molar-refractivity contribution in [2.45, 2.75) is 24.3 Å². The van der Waals surface area contributed by atoms with Gasteiger partial charge in [0.2, 0.25) is 0 Å². The van der Waals surface area contributed by atoms with Crippen LogP contribution in [-0.2, 0) is 14.3 Å². The number of amides is 2. The predicted octanol–water partition coefficient (Wildman–Crippen LogP) is 3.87. The summed E-state index contributed by atoms with van der Waals surface area (Å²) in [7, 11) is 0. The fourth-order valence-electron chi connectivity index (χ4n) is 4.55. The largest absolute Gasteiger partial charge is 0.480 e. The fraction of sp³-hybridized carbons (Fsp3) is 0.280. The van der Waals surface area contributed by atoms with Crippen molar-refractivity contribution in [3.8, 4) is 11.1 Å². The van der Waals surface area contributed by atoms with Crippen molar-refractivity contribution in [1.82, 2.24) is 10.3 Å². The van der Waals surface area contributed by atoms with Crippen LogP contribution in [0.25, 0.3) is 11.1 Å². The summed E-state index contributed by atoms with van der Waals surface area (Å²) in [6.07, 6.45) is -0.342. The number of fused-ring (bicyclic) bond motifs is 3. The minimum absolute atomic E-state index is 0.0241. The summed E-state index contributed by atoms with van der Waals surface area (Å²) in [5.74, 6) is -1.80. The molecular formula is C25H23N3O6S. The van der Waals surface area contributed by atoms with Gasteiger partial charge in [-0.25, -0.2) is 14.6 Å². The second-order valence-electron chi connectivity index (χ2n) is 8.44. The number of aromatic nitrogens is 1. The zero-order valence-corrected chi connectivity index (χ0v) is 19.5. The number of benzene rings is 2. The molecule has 1 saturated heterocycles. The van der Waals surface area contributed by atoms with E-state index in [0.717, 1.165) is 33.6 Å². The third kappa shape index (κ3) is 4.50. The van der Waals surface area contributed by atoms with Gasteiger partial charge in [0.15, 0.2) is 5.13 Å². The van der Waals surface area contributed by atoms with Gasteiger partial charge in [-0.3, -0.25) is 10.1 Å². The van der Waals surface area contributed by atoms with Crippen molar-refractivity contribution in [3.63, 3.8) is 0 Å². The summed E-state index contributed by atoms with van der Waals surface area (Å²) in [4.78, 5) is 41.0. The van der Waals surface area contributed by atoms with Crippen molar-refractivity contribution in [1.29, 1.82) is 0 Å². The molecule has 0 unspecified atom stereocenters. The highest BCUT2D eigenvalue weighted by molar-refractivity contribution is 7.14. The van der Waals surface area contributed by atoms with Gasteiger partial charge in [0.25, 0.3) is 5.91 Å². The standard InChI is InChI=1S/C25H23N3O6S/c29-21(28-25(22(30)31)9-11-33-12-10-25)20-14-35-23(26-20)27-24(32)34-13-19-17-7-3-1-5-15(17)16-6-2-4-8-18(16)19/h1-8,14,19H,9-13H2,(H,28,29)(H,30,31)(H,26,27,32). The number of aliphatic carboxylic acids is 1. The summed E-state index contributed by atoms with van der Waals surface area (Å²) in [5, 5.41) is 16.4. The van der Waals surface area contributed by atoms with Gasteiger partial charge in [0, 0.05) is 37.4 Å². The van der Waals surface area contributed by atoms with Gasteiger partial charge < -0.3 is 19.9 Å². The molecule has 2 aromatic carbocycles. The van der Waals surface area contributed by atoms with Crippen LogP contribution in [0.2, 0.25) is 0 Å². The van der Waals surface area contributed by atoms with E-state index in [4.69, 9.17) is 9.47 Å². The Bertz CT molecular complexity index is 1240. The van der Waals surface area contributed by atoms with Crippen LogP contribution in [0.1, 0.15) is 40.4 Å². The first-order valence-electron chi connectivity index (χ1n) is 11.2. The lowest BCUT2D eigenvalue weighted by Gasteiger charge is -2.33. The molecule has 2 aliphatic rings. The molecule has 180 valence electrons. The lowest BCUT2D eigenvalue weighted by molar-refractivity contribution is -0.148. The molecule has 2 heterocycles. The molecule has 9 nitrogen and oxygen atoms in total. The van der Waals surface area contributed by atoms with Crippen LogP contribution in [0.15, 0.2) is 53.9 Å². The van der Waals surface area contributed by atoms with E-state index in [-0.39, 0.29) is 49.4 Å². The average molecular weight is 494 g/mol. The van der Waals surface area contributed by atoms with E-state index >= 15 is 0 Å². The Kier molecular flexibility index (Phi) is 6.23. The average Bonchev–Trinajstić information content (AvgIpc) is 3.46. The van der Waals surface area contributed by atoms with E-state index in [9.17, 15) is 19.5 Å². The Balaban J connectivity index is 1.21. The van der Waals surface area contributed by atoms with Crippen molar-refractivity contribution >= 4 is 34.4 Å². The molecule has 0 bridgehead atoms. The number of ether oxygens (including phenoxy) is 2. The van der Waals surface area contributed by atoms with E-state index < -0.39 is 23.5 Å². The smallest absolute Gasteiger partial charge is 0.413 e. The van der Waals surface area contributed by atoms with E-state index in [1.54, 1.807) is 0 Å². The van der Waals surface area contributed by atoms with Crippen molar-refractivity contribution in [2.24, 2.45) is 0 Å². The fourth-order valence-corrected chi connectivity index (χ4v) is 5.23. The molecule has 0 atom stereocenters. The lowest BCUT2D eigenvalue weighted by Crippen LogP contribution is -2.57. The monoisotopic (exact) mass is 493 g/mol. The molecule has 3 aromatic rings. The number of nitrogens with zero attached hydrogens (tertiary/aromatic N) is 1. The molecule has 1 aromatic heterocycles. The van der Waals surface area contributed by atoms with Crippen LogP contribution < -0.4 is 10.6 Å². The van der Waals surface area contributed by atoms with Gasteiger partial charge >= 0.3 is 12.1 Å². The van der Waals surface area contributed by atoms with Gasteiger partial charge in [0.1, 0.15) is 17.8 Å². The van der Waals surface area contributed by atoms with Gasteiger partial charge in [-0.05, 0) is 22.3 Å². The van der Waals surface area contributed by atoms with Crippen molar-refractivity contribution in [2.75, 3.05) is 25.1 Å². The van der Waals surface area contributed by atoms with Gasteiger partial charge in [-0.15, -0.1) is 11.3 Å². The molecule has 10 heteroatoms. The predicted molar refractivity (Wildman–Crippen MR) is 129 cm³/mol. The SMILES string of the molecule is O=C(Nc1nc(C(=O)NC2(C(=O)O)CCOCC2)cs1)OCC1c2ccccc2-c2ccccc21. The molecule has 3 N–H and O–H groups in total. The molecule has 1 aliphatic heterocycles. The summed E-state index contributed by atoms with van der Waals surface area (Å²) < 4.78 is 10.7. The van der Waals surface area contributed by atoms with Gasteiger partial charge in [-0.2, -0.15) is 0 Å². The number of thiazole rings is 1. The minimum Gasteiger partial charge on any atom is -0.480 e. The van der Waals surface area contributed by atoms with E-state index in [1.807, 2.05) is 36.4 Å². The molecule has 0 saturated carbocycles. The Hall–Kier alpha value is -3.76. The first kappa shape index (κ1) is 23.0. The molecule has 0 radical (unpaired) electrons. The number of carbonyl (C=O) groups excluding carboxylic acids is 2. The first-order chi connectivity index (χ1) is 17.0. The number of carbonyl (C=O) groups is 3. The van der Waals surface area contributed by atoms with Crippen LogP contribution in [0.4, 0.5) is 9.93 Å². The Morgan fingerprint density at radius 1 is 1.06 bits per heavy atom. The Labute approximate surface area is 205 Å². The number of carboxylic acid groups (broad SMARTS) is 1. The molecule has 1 fully saturated rings. The third-order valence-electron chi connectivity index (χ3n) is 6.40. The van der Waals surface area contributed by atoms with Crippen LogP contribution in [0.5, 0.6) is 0 Å². The second-order valence-corrected chi connectivity index (χ2v) is 9.30. The topological polar surface area (TPSA) is 127 Å². The Morgan fingerprint density at radius 3 is 2.31 bits per heavy atom. The molecule has 0 spiro atoms. The molecule has 2 amide bonds. The highest BCUT2D eigenvalue weighted by atomic mass is 32.1. The van der Waals surface area contributed by atoms with E-state index in [2.05, 4.69) is 27.8 Å². The number of anilines is 1. The molecule has 1 aliphatic carbocycles. The summed E-state index contributed by atoms with van der Waals surface area (Å²) in [6.45, 7) is 0.651. The summed E-state index contributed by atoms with van der Waals surface area (Å²) in [6, 6.07) is 16.1. The van der Waals surface area contributed by atoms with E-state index in [1.165, 1.54) is 5.38 Å². The maximum Gasteiger partial charge on any atom is 0.413 e. The third-order valence-corrected chi connectivity index (χ3v) is 7.16. The summed E-state index contributed by atoms with van der Waals surface area (Å²) >= 11 is 1.05. The second kappa shape index (κ2) is 9.47. The zero-order valence-electron chi connectivity index (χ0n) is 18.7. The van der Waals surface area contributed by atoms with Crippen LogP contribution in [0, 0.1) is 0 Å². The van der Waals surface area contributed by atoms with Crippen LogP contribution in [-0.4, -0.2) is 53.4 Å². The normalized spacial score (nSPS) is 16.1. The Morgan fingerprint density at radius 2 is 1.69 bits per heavy atom. The number of nitrogens with one attached hydrogen (secondary N) is 2. The number of hydrogen-bond acceptors (Lipinski definition) is 7. The first-order valence-corrected chi connectivity index (χ1v) is 12.1. The molecule has 35 heavy (non-hydrogen) atoms. The van der Waals surface area contributed by atoms with Gasteiger partial charge in [0.05, 0.1) is 0 Å². The lowest BCUT2D eigenvalue weighted by atomic mass is 9.90.